The number of likely N-dealkylation sites (tertiary alicyclic amines) is 1. The molecule has 1 saturated heterocycles. The van der Waals surface area contributed by atoms with E-state index >= 15 is 0 Å². The fourth-order valence-electron chi connectivity index (χ4n) is 2.79. The number of carbonyl (C=O) groups excluding carboxylic acids is 1. The first-order valence-corrected chi connectivity index (χ1v) is 8.19. The van der Waals surface area contributed by atoms with Crippen molar-refractivity contribution in [1.82, 2.24) is 14.9 Å². The van der Waals surface area contributed by atoms with E-state index in [1.807, 2.05) is 47.7 Å². The third-order valence-corrected chi connectivity index (χ3v) is 3.95. The van der Waals surface area contributed by atoms with Crippen molar-refractivity contribution < 1.29 is 9.53 Å². The Bertz CT molecular complexity index is 540. The Morgan fingerprint density at radius 3 is 2.22 bits per heavy atom. The van der Waals surface area contributed by atoms with Crippen molar-refractivity contribution >= 4 is 12.0 Å². The quantitative estimate of drug-likeness (QED) is 0.838. The van der Waals surface area contributed by atoms with Gasteiger partial charge in [-0.3, -0.25) is 0 Å². The van der Waals surface area contributed by atoms with E-state index in [0.717, 1.165) is 30.2 Å². The molecule has 1 aliphatic heterocycles. The first-order valence-electron chi connectivity index (χ1n) is 8.19. The summed E-state index contributed by atoms with van der Waals surface area (Å²) in [7, 11) is 2.03. The highest BCUT2D eigenvalue weighted by atomic mass is 16.6. The molecular formula is C17H28N4O2. The Morgan fingerprint density at radius 2 is 1.74 bits per heavy atom. The van der Waals surface area contributed by atoms with Crippen LogP contribution >= 0.6 is 0 Å². The van der Waals surface area contributed by atoms with E-state index < -0.39 is 5.60 Å². The lowest BCUT2D eigenvalue weighted by Gasteiger charge is -2.37. The molecule has 6 nitrogen and oxygen atoms in total. The number of aryl methyl sites for hydroxylation is 2. The fourth-order valence-corrected chi connectivity index (χ4v) is 2.79. The number of nitrogens with zero attached hydrogens (tertiary/aromatic N) is 4. The van der Waals surface area contributed by atoms with Gasteiger partial charge in [0.2, 0.25) is 5.95 Å². The predicted octanol–water partition coefficient (Wildman–Crippen LogP) is 2.93. The average molecular weight is 320 g/mol. The molecular weight excluding hydrogens is 292 g/mol. The first-order chi connectivity index (χ1) is 10.7. The van der Waals surface area contributed by atoms with Crippen LogP contribution in [0.5, 0.6) is 0 Å². The molecule has 0 aromatic carbocycles. The van der Waals surface area contributed by atoms with Crippen LogP contribution in [0, 0.1) is 13.8 Å². The molecule has 1 aromatic rings. The zero-order valence-corrected chi connectivity index (χ0v) is 15.1. The molecule has 1 aromatic heterocycles. The second-order valence-electron chi connectivity index (χ2n) is 7.26. The first kappa shape index (κ1) is 17.5. The second kappa shape index (κ2) is 6.72. The third kappa shape index (κ3) is 4.81. The summed E-state index contributed by atoms with van der Waals surface area (Å²) >= 11 is 0. The normalized spacial score (nSPS) is 16.3. The van der Waals surface area contributed by atoms with Gasteiger partial charge in [0.25, 0.3) is 0 Å². The summed E-state index contributed by atoms with van der Waals surface area (Å²) < 4.78 is 5.44. The average Bonchev–Trinajstić information content (AvgIpc) is 2.44. The molecule has 1 aliphatic rings. The number of piperidine rings is 1. The number of ether oxygens (including phenoxy) is 1. The van der Waals surface area contributed by atoms with Crippen LogP contribution in [0.1, 0.15) is 45.0 Å². The van der Waals surface area contributed by atoms with Crippen LogP contribution in [0.15, 0.2) is 6.07 Å². The van der Waals surface area contributed by atoms with E-state index in [2.05, 4.69) is 14.9 Å². The maximum atomic E-state index is 12.1. The molecule has 0 radical (unpaired) electrons. The zero-order chi connectivity index (χ0) is 17.2. The van der Waals surface area contributed by atoms with Gasteiger partial charge in [0.1, 0.15) is 5.60 Å². The summed E-state index contributed by atoms with van der Waals surface area (Å²) in [5, 5.41) is 0. The van der Waals surface area contributed by atoms with Gasteiger partial charge in [-0.25, -0.2) is 14.8 Å². The van der Waals surface area contributed by atoms with Crippen LogP contribution < -0.4 is 4.90 Å². The molecule has 0 saturated carbocycles. The Kier molecular flexibility index (Phi) is 5.12. The molecule has 0 aliphatic carbocycles. The van der Waals surface area contributed by atoms with Gasteiger partial charge < -0.3 is 14.5 Å². The van der Waals surface area contributed by atoms with Gasteiger partial charge in [0.05, 0.1) is 0 Å². The van der Waals surface area contributed by atoms with Crippen molar-refractivity contribution in [3.8, 4) is 0 Å². The minimum atomic E-state index is -0.447. The second-order valence-corrected chi connectivity index (χ2v) is 7.26. The summed E-state index contributed by atoms with van der Waals surface area (Å²) in [6.07, 6.45) is 1.57. The van der Waals surface area contributed by atoms with Crippen molar-refractivity contribution in [1.29, 1.82) is 0 Å². The Hall–Kier alpha value is -1.85. The van der Waals surface area contributed by atoms with Crippen molar-refractivity contribution in [2.45, 2.75) is 59.1 Å². The van der Waals surface area contributed by atoms with E-state index in [0.29, 0.717) is 19.1 Å². The van der Waals surface area contributed by atoms with Crippen molar-refractivity contribution in [2.75, 3.05) is 25.0 Å². The fraction of sp³-hybridized carbons (Fsp3) is 0.706. The van der Waals surface area contributed by atoms with Gasteiger partial charge in [0, 0.05) is 37.6 Å². The summed E-state index contributed by atoms with van der Waals surface area (Å²) in [4.78, 5) is 25.1. The Morgan fingerprint density at radius 1 is 1.22 bits per heavy atom. The van der Waals surface area contributed by atoms with E-state index in [1.54, 1.807) is 4.90 Å². The van der Waals surface area contributed by atoms with E-state index in [9.17, 15) is 4.79 Å². The van der Waals surface area contributed by atoms with E-state index in [1.165, 1.54) is 0 Å². The van der Waals surface area contributed by atoms with Gasteiger partial charge in [-0.1, -0.05) is 0 Å². The maximum Gasteiger partial charge on any atom is 0.410 e. The number of amides is 1. The van der Waals surface area contributed by atoms with Crippen molar-refractivity contribution in [3.63, 3.8) is 0 Å². The maximum absolute atomic E-state index is 12.1. The Labute approximate surface area is 138 Å². The lowest BCUT2D eigenvalue weighted by molar-refractivity contribution is 0.0205. The highest BCUT2D eigenvalue weighted by molar-refractivity contribution is 5.68. The van der Waals surface area contributed by atoms with Crippen LogP contribution in [-0.2, 0) is 4.74 Å². The summed E-state index contributed by atoms with van der Waals surface area (Å²) in [5.74, 6) is 0.762. The smallest absolute Gasteiger partial charge is 0.410 e. The SMILES string of the molecule is Cc1cc(C)nc(N(C)C2CCN(C(=O)OC(C)(C)C)CC2)n1. The molecule has 0 N–H and O–H groups in total. The number of aromatic nitrogens is 2. The molecule has 1 fully saturated rings. The molecule has 2 rings (SSSR count). The summed E-state index contributed by atoms with van der Waals surface area (Å²) in [6.45, 7) is 11.0. The van der Waals surface area contributed by atoms with Crippen LogP contribution in [-0.4, -0.2) is 52.7 Å². The van der Waals surface area contributed by atoms with Crippen molar-refractivity contribution in [2.24, 2.45) is 0 Å². The van der Waals surface area contributed by atoms with E-state index in [-0.39, 0.29) is 6.09 Å². The van der Waals surface area contributed by atoms with Crippen LogP contribution in [0.3, 0.4) is 0 Å². The van der Waals surface area contributed by atoms with Crippen LogP contribution in [0.25, 0.3) is 0 Å². The molecule has 0 atom stereocenters. The Balaban J connectivity index is 1.94. The minimum absolute atomic E-state index is 0.221. The molecule has 0 bridgehead atoms. The number of anilines is 1. The van der Waals surface area contributed by atoms with Crippen LogP contribution in [0.2, 0.25) is 0 Å². The predicted molar refractivity (Wildman–Crippen MR) is 90.7 cm³/mol. The monoisotopic (exact) mass is 320 g/mol. The van der Waals surface area contributed by atoms with Gasteiger partial charge in [0.15, 0.2) is 0 Å². The third-order valence-electron chi connectivity index (χ3n) is 3.95. The standard InChI is InChI=1S/C17H28N4O2/c1-12-11-13(2)19-15(18-12)20(6)14-7-9-21(10-8-14)16(22)23-17(3,4)5/h11,14H,7-10H2,1-6H3. The molecule has 2 heterocycles. The molecule has 6 heteroatoms. The van der Waals surface area contributed by atoms with Gasteiger partial charge in [-0.2, -0.15) is 0 Å². The van der Waals surface area contributed by atoms with Gasteiger partial charge in [-0.05, 0) is 53.5 Å². The minimum Gasteiger partial charge on any atom is -0.444 e. The topological polar surface area (TPSA) is 58.6 Å². The number of carbonyl (C=O) groups is 1. The molecule has 23 heavy (non-hydrogen) atoms. The highest BCUT2D eigenvalue weighted by Crippen LogP contribution is 2.21. The number of rotatable bonds is 2. The lowest BCUT2D eigenvalue weighted by Crippen LogP contribution is -2.47. The molecule has 128 valence electrons. The highest BCUT2D eigenvalue weighted by Gasteiger charge is 2.29. The van der Waals surface area contributed by atoms with Crippen molar-refractivity contribution in [3.05, 3.63) is 17.5 Å². The zero-order valence-electron chi connectivity index (χ0n) is 15.1. The number of hydrogen-bond donors (Lipinski definition) is 0. The van der Waals surface area contributed by atoms with Gasteiger partial charge >= 0.3 is 6.09 Å². The molecule has 1 amide bonds. The summed E-state index contributed by atoms with van der Waals surface area (Å²) in [5.41, 5.74) is 1.51. The van der Waals surface area contributed by atoms with E-state index in [4.69, 9.17) is 4.74 Å². The lowest BCUT2D eigenvalue weighted by atomic mass is 10.0. The largest absolute Gasteiger partial charge is 0.444 e. The van der Waals surface area contributed by atoms with Gasteiger partial charge in [-0.15, -0.1) is 0 Å². The van der Waals surface area contributed by atoms with Crippen LogP contribution in [0.4, 0.5) is 10.7 Å². The number of hydrogen-bond acceptors (Lipinski definition) is 5. The molecule has 0 spiro atoms. The summed E-state index contributed by atoms with van der Waals surface area (Å²) in [6, 6.07) is 2.32. The molecule has 0 unspecified atom stereocenters.